The number of hydrogen-bond acceptors (Lipinski definition) is 3. The highest BCUT2D eigenvalue weighted by Gasteiger charge is 2.16. The second-order valence-corrected chi connectivity index (χ2v) is 7.09. The minimum Gasteiger partial charge on any atom is -0.492 e. The van der Waals surface area contributed by atoms with Gasteiger partial charge in [-0.3, -0.25) is 4.72 Å². The number of rotatable bonds is 6. The molecule has 0 amide bonds. The van der Waals surface area contributed by atoms with Gasteiger partial charge in [0.1, 0.15) is 11.6 Å². The molecular formula is C15H15BrFNO3S. The molecule has 2 aromatic carbocycles. The summed E-state index contributed by atoms with van der Waals surface area (Å²) in [7, 11) is -3.76. The maximum absolute atomic E-state index is 12.9. The van der Waals surface area contributed by atoms with Crippen molar-refractivity contribution in [3.8, 4) is 5.75 Å². The van der Waals surface area contributed by atoms with Crippen molar-refractivity contribution in [2.75, 3.05) is 11.3 Å². The van der Waals surface area contributed by atoms with E-state index in [1.54, 1.807) is 6.07 Å². The molecule has 0 atom stereocenters. The molecule has 22 heavy (non-hydrogen) atoms. The van der Waals surface area contributed by atoms with Gasteiger partial charge in [0.2, 0.25) is 0 Å². The highest BCUT2D eigenvalue weighted by atomic mass is 79.9. The summed E-state index contributed by atoms with van der Waals surface area (Å²) in [6.07, 6.45) is 0.817. The third-order valence-electron chi connectivity index (χ3n) is 2.77. The quantitative estimate of drug-likeness (QED) is 0.808. The second-order valence-electron chi connectivity index (χ2n) is 4.55. The van der Waals surface area contributed by atoms with Gasteiger partial charge in [0.25, 0.3) is 10.0 Å². The van der Waals surface area contributed by atoms with Gasteiger partial charge >= 0.3 is 0 Å². The first-order valence-electron chi connectivity index (χ1n) is 6.63. The van der Waals surface area contributed by atoms with Crippen LogP contribution in [0.3, 0.4) is 0 Å². The maximum atomic E-state index is 12.9. The molecule has 0 heterocycles. The summed E-state index contributed by atoms with van der Waals surface area (Å²) in [5, 5.41) is 0. The molecule has 7 heteroatoms. The van der Waals surface area contributed by atoms with E-state index in [2.05, 4.69) is 20.7 Å². The molecule has 1 N–H and O–H groups in total. The van der Waals surface area contributed by atoms with Crippen molar-refractivity contribution in [3.63, 3.8) is 0 Å². The van der Waals surface area contributed by atoms with E-state index in [4.69, 9.17) is 4.74 Å². The summed E-state index contributed by atoms with van der Waals surface area (Å²) in [4.78, 5) is 0.0751. The summed E-state index contributed by atoms with van der Waals surface area (Å²) in [6, 6.07) is 9.63. The van der Waals surface area contributed by atoms with Crippen molar-refractivity contribution >= 4 is 31.6 Å². The van der Waals surface area contributed by atoms with Crippen LogP contribution in [0.4, 0.5) is 10.1 Å². The Hall–Kier alpha value is -1.60. The fourth-order valence-electron chi connectivity index (χ4n) is 1.71. The van der Waals surface area contributed by atoms with Crippen LogP contribution in [-0.2, 0) is 10.0 Å². The highest BCUT2D eigenvalue weighted by molar-refractivity contribution is 9.10. The minimum atomic E-state index is -3.76. The maximum Gasteiger partial charge on any atom is 0.262 e. The van der Waals surface area contributed by atoms with Crippen LogP contribution in [0.25, 0.3) is 0 Å². The number of ether oxygens (including phenoxy) is 1. The van der Waals surface area contributed by atoms with E-state index in [0.29, 0.717) is 22.5 Å². The molecule has 0 aliphatic heterocycles. The lowest BCUT2D eigenvalue weighted by Gasteiger charge is -2.11. The van der Waals surface area contributed by atoms with Gasteiger partial charge in [-0.25, -0.2) is 12.8 Å². The van der Waals surface area contributed by atoms with Gasteiger partial charge in [0, 0.05) is 11.8 Å². The Morgan fingerprint density at radius 1 is 1.18 bits per heavy atom. The van der Waals surface area contributed by atoms with Gasteiger partial charge in [-0.1, -0.05) is 6.92 Å². The Labute approximate surface area is 137 Å². The van der Waals surface area contributed by atoms with Crippen molar-refractivity contribution in [2.24, 2.45) is 0 Å². The Bertz CT molecular complexity index is 748. The molecular weight excluding hydrogens is 373 g/mol. The minimum absolute atomic E-state index is 0.0751. The molecule has 0 saturated carbocycles. The van der Waals surface area contributed by atoms with Crippen LogP contribution >= 0.6 is 15.9 Å². The Balaban J connectivity index is 2.27. The van der Waals surface area contributed by atoms with Gasteiger partial charge in [0.05, 0.1) is 16.0 Å². The average molecular weight is 388 g/mol. The van der Waals surface area contributed by atoms with Crippen LogP contribution in [0.2, 0.25) is 0 Å². The van der Waals surface area contributed by atoms with E-state index in [1.807, 2.05) is 6.92 Å². The van der Waals surface area contributed by atoms with Gasteiger partial charge in [-0.15, -0.1) is 0 Å². The van der Waals surface area contributed by atoms with E-state index in [9.17, 15) is 12.8 Å². The summed E-state index contributed by atoms with van der Waals surface area (Å²) in [6.45, 7) is 2.46. The Kier molecular flexibility index (Phi) is 5.42. The molecule has 0 aliphatic carbocycles. The number of anilines is 1. The Morgan fingerprint density at radius 3 is 2.50 bits per heavy atom. The number of hydrogen-bond donors (Lipinski definition) is 1. The first-order valence-corrected chi connectivity index (χ1v) is 8.91. The SMILES string of the molecule is CCCOc1cc(S(=O)(=O)Nc2ccc(F)cc2)ccc1Br. The zero-order valence-corrected chi connectivity index (χ0v) is 14.2. The normalized spacial score (nSPS) is 11.2. The molecule has 0 aromatic heterocycles. The van der Waals surface area contributed by atoms with Crippen LogP contribution in [0.1, 0.15) is 13.3 Å². The number of benzene rings is 2. The molecule has 4 nitrogen and oxygen atoms in total. The lowest BCUT2D eigenvalue weighted by atomic mass is 10.3. The van der Waals surface area contributed by atoms with Crippen LogP contribution in [-0.4, -0.2) is 15.0 Å². The van der Waals surface area contributed by atoms with Gasteiger partial charge in [0.15, 0.2) is 0 Å². The van der Waals surface area contributed by atoms with E-state index in [0.717, 1.165) is 6.42 Å². The summed E-state index contributed by atoms with van der Waals surface area (Å²) < 4.78 is 46.1. The van der Waals surface area contributed by atoms with Crippen LogP contribution in [0, 0.1) is 5.82 Å². The molecule has 0 spiro atoms. The lowest BCUT2D eigenvalue weighted by molar-refractivity contribution is 0.314. The lowest BCUT2D eigenvalue weighted by Crippen LogP contribution is -2.13. The van der Waals surface area contributed by atoms with Crippen molar-refractivity contribution in [1.29, 1.82) is 0 Å². The molecule has 0 aliphatic rings. The van der Waals surface area contributed by atoms with Crippen molar-refractivity contribution in [2.45, 2.75) is 18.2 Å². The first-order chi connectivity index (χ1) is 10.4. The largest absolute Gasteiger partial charge is 0.492 e. The average Bonchev–Trinajstić information content (AvgIpc) is 2.48. The van der Waals surface area contributed by atoms with Crippen LogP contribution < -0.4 is 9.46 Å². The topological polar surface area (TPSA) is 55.4 Å². The second kappa shape index (κ2) is 7.11. The van der Waals surface area contributed by atoms with Crippen LogP contribution in [0.15, 0.2) is 51.8 Å². The van der Waals surface area contributed by atoms with Gasteiger partial charge < -0.3 is 4.74 Å². The van der Waals surface area contributed by atoms with Crippen molar-refractivity contribution < 1.29 is 17.5 Å². The monoisotopic (exact) mass is 387 g/mol. The van der Waals surface area contributed by atoms with Crippen molar-refractivity contribution in [3.05, 3.63) is 52.8 Å². The fraction of sp³-hybridized carbons (Fsp3) is 0.200. The van der Waals surface area contributed by atoms with E-state index in [-0.39, 0.29) is 4.90 Å². The third kappa shape index (κ3) is 4.20. The smallest absolute Gasteiger partial charge is 0.262 e. The molecule has 0 bridgehead atoms. The summed E-state index contributed by atoms with van der Waals surface area (Å²) in [5.74, 6) is 0.0330. The standard InChI is InChI=1S/C15H15BrFNO3S/c1-2-9-21-15-10-13(7-8-14(15)16)22(19,20)18-12-5-3-11(17)4-6-12/h3-8,10,18H,2,9H2,1H3. The van der Waals surface area contributed by atoms with Gasteiger partial charge in [-0.05, 0) is 58.7 Å². The van der Waals surface area contributed by atoms with E-state index >= 15 is 0 Å². The summed E-state index contributed by atoms with van der Waals surface area (Å²) >= 11 is 3.32. The van der Waals surface area contributed by atoms with Gasteiger partial charge in [-0.2, -0.15) is 0 Å². The first kappa shape index (κ1) is 16.8. The predicted octanol–water partition coefficient (Wildman–Crippen LogP) is 4.18. The highest BCUT2D eigenvalue weighted by Crippen LogP contribution is 2.29. The third-order valence-corrected chi connectivity index (χ3v) is 4.81. The molecule has 0 unspecified atom stereocenters. The van der Waals surface area contributed by atoms with E-state index in [1.165, 1.54) is 36.4 Å². The summed E-state index contributed by atoms with van der Waals surface area (Å²) in [5.41, 5.74) is 0.292. The molecule has 0 saturated heterocycles. The zero-order valence-electron chi connectivity index (χ0n) is 11.8. The number of sulfonamides is 1. The predicted molar refractivity (Wildman–Crippen MR) is 87.1 cm³/mol. The van der Waals surface area contributed by atoms with E-state index < -0.39 is 15.8 Å². The fourth-order valence-corrected chi connectivity index (χ4v) is 3.14. The molecule has 0 fully saturated rings. The molecule has 118 valence electrons. The van der Waals surface area contributed by atoms with Crippen LogP contribution in [0.5, 0.6) is 5.75 Å². The molecule has 2 aromatic rings. The molecule has 2 rings (SSSR count). The Morgan fingerprint density at radius 2 is 1.86 bits per heavy atom. The van der Waals surface area contributed by atoms with Crippen molar-refractivity contribution in [1.82, 2.24) is 0 Å². The zero-order chi connectivity index (χ0) is 16.2. The number of nitrogens with one attached hydrogen (secondary N) is 1. The number of halogens is 2. The molecule has 0 radical (unpaired) electrons.